The van der Waals surface area contributed by atoms with Crippen molar-refractivity contribution in [2.45, 2.75) is 44.0 Å². The molecule has 1 aliphatic carbocycles. The van der Waals surface area contributed by atoms with Gasteiger partial charge in [0.05, 0.1) is 17.1 Å². The van der Waals surface area contributed by atoms with Crippen molar-refractivity contribution in [3.05, 3.63) is 29.8 Å². The Balaban J connectivity index is 2.15. The van der Waals surface area contributed by atoms with Crippen LogP contribution in [-0.2, 0) is 9.84 Å². The molecule has 1 fully saturated rings. The number of ether oxygens (including phenoxy) is 1. The Morgan fingerprint density at radius 1 is 1.33 bits per heavy atom. The maximum atomic E-state index is 11.7. The highest BCUT2D eigenvalue weighted by Crippen LogP contribution is 2.29. The number of hydrogen-bond donors (Lipinski definition) is 1. The maximum Gasteiger partial charge on any atom is 0.150 e. The van der Waals surface area contributed by atoms with Crippen LogP contribution in [0.3, 0.4) is 0 Å². The largest absolute Gasteiger partial charge is 0.490 e. The van der Waals surface area contributed by atoms with Gasteiger partial charge >= 0.3 is 0 Å². The lowest BCUT2D eigenvalue weighted by atomic mass is 9.97. The number of nitrogens with zero attached hydrogens (tertiary/aromatic N) is 1. The van der Waals surface area contributed by atoms with Gasteiger partial charge in [0.1, 0.15) is 15.6 Å². The minimum atomic E-state index is -3.03. The van der Waals surface area contributed by atoms with Crippen molar-refractivity contribution in [2.24, 2.45) is 5.16 Å². The van der Waals surface area contributed by atoms with Crippen molar-refractivity contribution < 1.29 is 18.4 Å². The highest BCUT2D eigenvalue weighted by Gasteiger charge is 2.30. The number of hydrogen-bond acceptors (Lipinski definition) is 5. The van der Waals surface area contributed by atoms with Crippen LogP contribution >= 0.6 is 0 Å². The first-order valence-electron chi connectivity index (χ1n) is 7.05. The average molecular weight is 311 g/mol. The Morgan fingerprint density at radius 3 is 2.71 bits per heavy atom. The summed E-state index contributed by atoms with van der Waals surface area (Å²) in [6.45, 7) is 1.70. The Bertz CT molecular complexity index is 624. The molecule has 0 amide bonds. The molecule has 0 spiro atoms. The Labute approximate surface area is 125 Å². The summed E-state index contributed by atoms with van der Waals surface area (Å²) in [5.74, 6) is 0.631. The van der Waals surface area contributed by atoms with Gasteiger partial charge < -0.3 is 9.94 Å². The molecule has 1 saturated carbocycles. The van der Waals surface area contributed by atoms with Gasteiger partial charge in [-0.1, -0.05) is 17.3 Å². The Morgan fingerprint density at radius 2 is 2.05 bits per heavy atom. The van der Waals surface area contributed by atoms with Crippen molar-refractivity contribution >= 4 is 15.5 Å². The molecule has 1 aromatic rings. The maximum absolute atomic E-state index is 11.7. The van der Waals surface area contributed by atoms with Crippen LogP contribution in [0.5, 0.6) is 5.75 Å². The van der Waals surface area contributed by atoms with Gasteiger partial charge in [0.2, 0.25) is 0 Å². The van der Waals surface area contributed by atoms with Crippen molar-refractivity contribution in [3.63, 3.8) is 0 Å². The topological polar surface area (TPSA) is 76.0 Å². The molecule has 1 N–H and O–H groups in total. The molecule has 0 aromatic heterocycles. The molecule has 5 nitrogen and oxygen atoms in total. The van der Waals surface area contributed by atoms with E-state index in [1.165, 1.54) is 6.26 Å². The number of sulfone groups is 1. The fourth-order valence-electron chi connectivity index (χ4n) is 2.70. The van der Waals surface area contributed by atoms with Gasteiger partial charge in [0, 0.05) is 18.2 Å². The van der Waals surface area contributed by atoms with Crippen LogP contribution in [0.1, 0.15) is 38.2 Å². The van der Waals surface area contributed by atoms with Gasteiger partial charge in [0.25, 0.3) is 0 Å². The summed E-state index contributed by atoms with van der Waals surface area (Å²) in [5, 5.41) is 11.8. The van der Waals surface area contributed by atoms with E-state index < -0.39 is 9.84 Å². The monoisotopic (exact) mass is 311 g/mol. The van der Waals surface area contributed by atoms with Gasteiger partial charge in [-0.2, -0.15) is 0 Å². The molecule has 21 heavy (non-hydrogen) atoms. The number of benzene rings is 1. The third-order valence-corrected chi connectivity index (χ3v) is 5.54. The second kappa shape index (κ2) is 6.47. The smallest absolute Gasteiger partial charge is 0.150 e. The Hall–Kier alpha value is -1.56. The number of oxime groups is 1. The van der Waals surface area contributed by atoms with Gasteiger partial charge in [-0.25, -0.2) is 8.42 Å². The van der Waals surface area contributed by atoms with Crippen LogP contribution in [-0.4, -0.2) is 36.9 Å². The molecular formula is C15H21NO4S. The van der Waals surface area contributed by atoms with Crippen LogP contribution in [0.2, 0.25) is 0 Å². The van der Waals surface area contributed by atoms with Crippen molar-refractivity contribution in [1.29, 1.82) is 0 Å². The van der Waals surface area contributed by atoms with E-state index in [9.17, 15) is 8.42 Å². The first kappa shape index (κ1) is 15.8. The molecule has 1 aliphatic rings. The van der Waals surface area contributed by atoms with E-state index in [4.69, 9.17) is 9.94 Å². The van der Waals surface area contributed by atoms with E-state index >= 15 is 0 Å². The molecule has 0 aliphatic heterocycles. The summed E-state index contributed by atoms with van der Waals surface area (Å²) in [7, 11) is -3.03. The summed E-state index contributed by atoms with van der Waals surface area (Å²) in [4.78, 5) is 0. The molecule has 0 saturated heterocycles. The fraction of sp³-hybridized carbons (Fsp3) is 0.533. The van der Waals surface area contributed by atoms with Gasteiger partial charge in [-0.15, -0.1) is 0 Å². The van der Waals surface area contributed by atoms with Gasteiger partial charge in [-0.3, -0.25) is 0 Å². The quantitative estimate of drug-likeness (QED) is 0.527. The van der Waals surface area contributed by atoms with Crippen molar-refractivity contribution in [1.82, 2.24) is 0 Å². The van der Waals surface area contributed by atoms with Crippen LogP contribution in [0.15, 0.2) is 29.4 Å². The lowest BCUT2D eigenvalue weighted by Crippen LogP contribution is -2.33. The summed E-state index contributed by atoms with van der Waals surface area (Å²) >= 11 is 0. The average Bonchev–Trinajstić information content (AvgIpc) is 2.46. The van der Waals surface area contributed by atoms with Crippen LogP contribution in [0, 0.1) is 0 Å². The van der Waals surface area contributed by atoms with Crippen LogP contribution < -0.4 is 4.74 Å². The zero-order chi connectivity index (χ0) is 15.5. The SMILES string of the molecule is C/C(=N/O)c1ccccc1OC1CCCC(S(C)(=O)=O)C1. The minimum absolute atomic E-state index is 0.119. The first-order valence-corrected chi connectivity index (χ1v) is 9.01. The third-order valence-electron chi connectivity index (χ3n) is 3.90. The molecule has 1 aromatic carbocycles. The van der Waals surface area contributed by atoms with Crippen molar-refractivity contribution in [2.75, 3.05) is 6.26 Å². The molecule has 0 bridgehead atoms. The van der Waals surface area contributed by atoms with E-state index in [0.717, 1.165) is 18.4 Å². The summed E-state index contributed by atoms with van der Waals surface area (Å²) in [6.07, 6.45) is 4.08. The summed E-state index contributed by atoms with van der Waals surface area (Å²) < 4.78 is 29.4. The van der Waals surface area contributed by atoms with E-state index in [0.29, 0.717) is 24.3 Å². The molecule has 6 heteroatoms. The zero-order valence-electron chi connectivity index (χ0n) is 12.3. The predicted octanol–water partition coefficient (Wildman–Crippen LogP) is 2.62. The lowest BCUT2D eigenvalue weighted by Gasteiger charge is -2.29. The lowest BCUT2D eigenvalue weighted by molar-refractivity contribution is 0.156. The molecule has 0 heterocycles. The summed E-state index contributed by atoms with van der Waals surface area (Å²) in [6, 6.07) is 7.33. The second-order valence-corrected chi connectivity index (χ2v) is 7.87. The second-order valence-electron chi connectivity index (χ2n) is 5.54. The molecule has 116 valence electrons. The number of para-hydroxylation sites is 1. The van der Waals surface area contributed by atoms with E-state index in [1.807, 2.05) is 24.3 Å². The predicted molar refractivity (Wildman–Crippen MR) is 82.0 cm³/mol. The normalized spacial score (nSPS) is 23.8. The van der Waals surface area contributed by atoms with Gasteiger partial charge in [0.15, 0.2) is 0 Å². The van der Waals surface area contributed by atoms with Crippen LogP contribution in [0.25, 0.3) is 0 Å². The Kier molecular flexibility index (Phi) is 4.88. The standard InChI is InChI=1S/C15H21NO4S/c1-11(16-17)14-8-3-4-9-15(14)20-12-6-5-7-13(10-12)21(2,18)19/h3-4,8-9,12-13,17H,5-7,10H2,1-2H3/b16-11-. The highest BCUT2D eigenvalue weighted by atomic mass is 32.2. The highest BCUT2D eigenvalue weighted by molar-refractivity contribution is 7.91. The third kappa shape index (κ3) is 3.97. The molecule has 2 unspecified atom stereocenters. The molecule has 0 radical (unpaired) electrons. The van der Waals surface area contributed by atoms with Gasteiger partial charge in [-0.05, 0) is 38.3 Å². The molecule has 2 atom stereocenters. The molecular weight excluding hydrogens is 290 g/mol. The van der Waals surface area contributed by atoms with E-state index in [1.54, 1.807) is 6.92 Å². The minimum Gasteiger partial charge on any atom is -0.490 e. The number of rotatable bonds is 4. The van der Waals surface area contributed by atoms with Crippen LogP contribution in [0.4, 0.5) is 0 Å². The summed E-state index contributed by atoms with van der Waals surface area (Å²) in [5.41, 5.74) is 1.20. The molecule has 2 rings (SSSR count). The van der Waals surface area contributed by atoms with E-state index in [2.05, 4.69) is 5.16 Å². The van der Waals surface area contributed by atoms with Crippen molar-refractivity contribution in [3.8, 4) is 5.75 Å². The first-order chi connectivity index (χ1) is 9.91. The van der Waals surface area contributed by atoms with E-state index in [-0.39, 0.29) is 11.4 Å². The fourth-order valence-corrected chi connectivity index (χ4v) is 3.86. The zero-order valence-corrected chi connectivity index (χ0v) is 13.1.